The third kappa shape index (κ3) is 4.06. The predicted molar refractivity (Wildman–Crippen MR) is 100 cm³/mol. The maximum Gasteiger partial charge on any atom is 0.319 e. The topological polar surface area (TPSA) is 113 Å². The second kappa shape index (κ2) is 7.46. The first-order valence-electron chi connectivity index (χ1n) is 7.94. The molecule has 0 spiro atoms. The Kier molecular flexibility index (Phi) is 5.09. The maximum absolute atomic E-state index is 12.9. The molecule has 8 nitrogen and oxygen atoms in total. The summed E-state index contributed by atoms with van der Waals surface area (Å²) >= 11 is 6.03. The Balaban J connectivity index is 1.94. The minimum atomic E-state index is -0.712. The number of carbonyl (C=O) groups is 2. The molecule has 1 aliphatic rings. The van der Waals surface area contributed by atoms with Crippen LogP contribution in [0, 0.1) is 10.1 Å². The van der Waals surface area contributed by atoms with Gasteiger partial charge < -0.3 is 16.0 Å². The van der Waals surface area contributed by atoms with Gasteiger partial charge >= 0.3 is 6.03 Å². The maximum atomic E-state index is 12.9. The van der Waals surface area contributed by atoms with Crippen molar-refractivity contribution in [1.82, 2.24) is 10.6 Å². The van der Waals surface area contributed by atoms with Crippen LogP contribution < -0.4 is 16.0 Å². The van der Waals surface area contributed by atoms with E-state index in [0.29, 0.717) is 16.3 Å². The summed E-state index contributed by atoms with van der Waals surface area (Å²) < 4.78 is 0. The minimum absolute atomic E-state index is 0.139. The first-order chi connectivity index (χ1) is 12.8. The standard InChI is InChI=1S/C18H15ClN4O4/c1-10-15(17(24)21-13-6-3-7-14(9-13)23(26)27)16(22-18(25)20-10)11-4-2-5-12(19)8-11/h2-9,16H,1H3,(H,21,24)(H2,20,22,25). The highest BCUT2D eigenvalue weighted by Crippen LogP contribution is 2.29. The normalized spacial score (nSPS) is 16.4. The number of hydrogen-bond acceptors (Lipinski definition) is 4. The highest BCUT2D eigenvalue weighted by Gasteiger charge is 2.31. The number of nitro benzene ring substituents is 1. The van der Waals surface area contributed by atoms with Gasteiger partial charge in [0, 0.05) is 28.5 Å². The summed E-state index contributed by atoms with van der Waals surface area (Å²) in [5.74, 6) is -0.495. The molecule has 9 heteroatoms. The van der Waals surface area contributed by atoms with Crippen molar-refractivity contribution in [2.75, 3.05) is 5.32 Å². The highest BCUT2D eigenvalue weighted by atomic mass is 35.5. The van der Waals surface area contributed by atoms with Crippen molar-refractivity contribution in [3.8, 4) is 0 Å². The molecular weight excluding hydrogens is 372 g/mol. The van der Waals surface area contributed by atoms with Crippen LogP contribution in [-0.2, 0) is 4.79 Å². The lowest BCUT2D eigenvalue weighted by Crippen LogP contribution is -2.45. The molecule has 0 aromatic heterocycles. The summed E-state index contributed by atoms with van der Waals surface area (Å²) in [6, 6.07) is 11.3. The Hall–Kier alpha value is -3.39. The van der Waals surface area contributed by atoms with E-state index in [4.69, 9.17) is 11.6 Å². The fourth-order valence-electron chi connectivity index (χ4n) is 2.83. The number of anilines is 1. The van der Waals surface area contributed by atoms with Gasteiger partial charge in [0.2, 0.25) is 0 Å². The quantitative estimate of drug-likeness (QED) is 0.551. The zero-order valence-electron chi connectivity index (χ0n) is 14.2. The van der Waals surface area contributed by atoms with Crippen molar-refractivity contribution in [2.24, 2.45) is 0 Å². The molecule has 2 aromatic rings. The molecule has 0 saturated carbocycles. The van der Waals surface area contributed by atoms with Gasteiger partial charge in [-0.1, -0.05) is 29.8 Å². The zero-order chi connectivity index (χ0) is 19.6. The van der Waals surface area contributed by atoms with Crippen LogP contribution in [0.5, 0.6) is 0 Å². The van der Waals surface area contributed by atoms with E-state index in [-0.39, 0.29) is 16.9 Å². The average Bonchev–Trinajstić information content (AvgIpc) is 2.61. The molecular formula is C18H15ClN4O4. The SMILES string of the molecule is CC1=C(C(=O)Nc2cccc([N+](=O)[O-])c2)C(c2cccc(Cl)c2)NC(=O)N1. The Morgan fingerprint density at radius 2 is 1.96 bits per heavy atom. The Labute approximate surface area is 159 Å². The van der Waals surface area contributed by atoms with Crippen LogP contribution in [0.25, 0.3) is 0 Å². The summed E-state index contributed by atoms with van der Waals surface area (Å²) in [5.41, 5.74) is 1.44. The van der Waals surface area contributed by atoms with Gasteiger partial charge in [0.05, 0.1) is 16.5 Å². The number of nitro groups is 1. The number of urea groups is 1. The number of allylic oxidation sites excluding steroid dienone is 1. The lowest BCUT2D eigenvalue weighted by molar-refractivity contribution is -0.384. The van der Waals surface area contributed by atoms with Crippen molar-refractivity contribution >= 4 is 34.9 Å². The number of non-ortho nitro benzene ring substituents is 1. The van der Waals surface area contributed by atoms with Crippen molar-refractivity contribution in [2.45, 2.75) is 13.0 Å². The second-order valence-corrected chi connectivity index (χ2v) is 6.32. The molecule has 0 fully saturated rings. The zero-order valence-corrected chi connectivity index (χ0v) is 14.9. The fraction of sp³-hybridized carbons (Fsp3) is 0.111. The monoisotopic (exact) mass is 386 g/mol. The number of carbonyl (C=O) groups excluding carboxylic acids is 2. The molecule has 0 radical (unpaired) electrons. The van der Waals surface area contributed by atoms with E-state index in [9.17, 15) is 19.7 Å². The van der Waals surface area contributed by atoms with Gasteiger partial charge in [-0.05, 0) is 30.7 Å². The van der Waals surface area contributed by atoms with E-state index in [1.165, 1.54) is 18.2 Å². The van der Waals surface area contributed by atoms with E-state index in [2.05, 4.69) is 16.0 Å². The van der Waals surface area contributed by atoms with Gasteiger partial charge in [-0.3, -0.25) is 14.9 Å². The van der Waals surface area contributed by atoms with Crippen LogP contribution in [0.4, 0.5) is 16.2 Å². The number of nitrogens with one attached hydrogen (secondary N) is 3. The van der Waals surface area contributed by atoms with Gasteiger partial charge in [0.25, 0.3) is 11.6 Å². The van der Waals surface area contributed by atoms with Crippen LogP contribution >= 0.6 is 11.6 Å². The number of amides is 3. The summed E-state index contributed by atoms with van der Waals surface area (Å²) in [5, 5.41) is 19.3. The van der Waals surface area contributed by atoms with Crippen molar-refractivity contribution in [3.63, 3.8) is 0 Å². The van der Waals surface area contributed by atoms with E-state index in [0.717, 1.165) is 0 Å². The lowest BCUT2D eigenvalue weighted by Gasteiger charge is -2.28. The van der Waals surface area contributed by atoms with Crippen LogP contribution in [0.1, 0.15) is 18.5 Å². The van der Waals surface area contributed by atoms with Crippen LogP contribution in [-0.4, -0.2) is 16.9 Å². The highest BCUT2D eigenvalue weighted by molar-refractivity contribution is 6.30. The molecule has 1 unspecified atom stereocenters. The number of benzene rings is 2. The molecule has 0 saturated heterocycles. The Morgan fingerprint density at radius 1 is 1.22 bits per heavy atom. The molecule has 138 valence electrons. The van der Waals surface area contributed by atoms with E-state index in [1.54, 1.807) is 37.3 Å². The minimum Gasteiger partial charge on any atom is -0.327 e. The molecule has 1 atom stereocenters. The molecule has 0 bridgehead atoms. The van der Waals surface area contributed by atoms with Crippen molar-refractivity contribution in [1.29, 1.82) is 0 Å². The van der Waals surface area contributed by atoms with Gasteiger partial charge in [-0.15, -0.1) is 0 Å². The largest absolute Gasteiger partial charge is 0.327 e. The number of rotatable bonds is 4. The van der Waals surface area contributed by atoms with E-state index >= 15 is 0 Å². The molecule has 2 aromatic carbocycles. The van der Waals surface area contributed by atoms with Gasteiger partial charge in [-0.25, -0.2) is 4.79 Å². The molecule has 1 aliphatic heterocycles. The molecule has 3 amide bonds. The first-order valence-corrected chi connectivity index (χ1v) is 8.32. The third-order valence-electron chi connectivity index (χ3n) is 4.01. The third-order valence-corrected chi connectivity index (χ3v) is 4.25. The van der Waals surface area contributed by atoms with E-state index in [1.807, 2.05) is 0 Å². The predicted octanol–water partition coefficient (Wildman–Crippen LogP) is 3.51. The van der Waals surface area contributed by atoms with Gasteiger partial charge in [0.15, 0.2) is 0 Å². The lowest BCUT2D eigenvalue weighted by atomic mass is 9.95. The molecule has 27 heavy (non-hydrogen) atoms. The number of halogens is 1. The van der Waals surface area contributed by atoms with E-state index < -0.39 is 22.9 Å². The average molecular weight is 387 g/mol. The Bertz CT molecular complexity index is 973. The Morgan fingerprint density at radius 3 is 2.67 bits per heavy atom. The van der Waals surface area contributed by atoms with Gasteiger partial charge in [-0.2, -0.15) is 0 Å². The smallest absolute Gasteiger partial charge is 0.319 e. The second-order valence-electron chi connectivity index (χ2n) is 5.89. The van der Waals surface area contributed by atoms with Crippen molar-refractivity contribution < 1.29 is 14.5 Å². The molecule has 3 N–H and O–H groups in total. The number of hydrogen-bond donors (Lipinski definition) is 3. The first kappa shape index (κ1) is 18.4. The van der Waals surface area contributed by atoms with Crippen LogP contribution in [0.3, 0.4) is 0 Å². The summed E-state index contributed by atoms with van der Waals surface area (Å²) in [6.45, 7) is 1.61. The van der Waals surface area contributed by atoms with Crippen LogP contribution in [0.2, 0.25) is 5.02 Å². The molecule has 0 aliphatic carbocycles. The van der Waals surface area contributed by atoms with Crippen LogP contribution in [0.15, 0.2) is 59.8 Å². The fourth-order valence-corrected chi connectivity index (χ4v) is 3.03. The summed E-state index contributed by atoms with van der Waals surface area (Å²) in [7, 11) is 0. The summed E-state index contributed by atoms with van der Waals surface area (Å²) in [6.07, 6.45) is 0. The van der Waals surface area contributed by atoms with Gasteiger partial charge in [0.1, 0.15) is 0 Å². The summed E-state index contributed by atoms with van der Waals surface area (Å²) in [4.78, 5) is 35.1. The van der Waals surface area contributed by atoms with Crippen molar-refractivity contribution in [3.05, 3.63) is 80.5 Å². The molecule has 3 rings (SSSR count). The number of nitrogens with zero attached hydrogens (tertiary/aromatic N) is 1. The molecule has 1 heterocycles.